The molecule has 0 saturated carbocycles. The number of benzene rings is 6. The highest BCUT2D eigenvalue weighted by molar-refractivity contribution is 6.31. The number of aryl methyl sites for hydroxylation is 2. The Labute approximate surface area is 461 Å². The Morgan fingerprint density at radius 1 is 0.654 bits per heavy atom. The normalized spacial score (nSPS) is 19.1. The van der Waals surface area contributed by atoms with Crippen molar-refractivity contribution in [3.05, 3.63) is 164 Å². The molecule has 4 aliphatic heterocycles. The summed E-state index contributed by atoms with van der Waals surface area (Å²) in [6.07, 6.45) is -9.54. The van der Waals surface area contributed by atoms with Crippen molar-refractivity contribution < 1.29 is 60.3 Å². The summed E-state index contributed by atoms with van der Waals surface area (Å²) >= 11 is 12.5. The van der Waals surface area contributed by atoms with E-state index in [9.17, 15) is 50.6 Å². The van der Waals surface area contributed by atoms with Gasteiger partial charge in [0, 0.05) is 52.7 Å². The molecule has 13 nitrogen and oxygen atoms in total. The number of carboxylic acid groups (broad SMARTS) is 1. The monoisotopic (exact) mass is 1140 g/mol. The molecule has 22 heteroatoms. The first-order chi connectivity index (χ1) is 36.3. The van der Waals surface area contributed by atoms with Crippen molar-refractivity contribution >= 4 is 92.3 Å². The molecule has 0 radical (unpaired) electrons. The Balaban J connectivity index is 0.000000191. The van der Waals surface area contributed by atoms with Crippen LogP contribution in [-0.4, -0.2) is 107 Å². The third-order valence-electron chi connectivity index (χ3n) is 13.5. The smallest absolute Gasteiger partial charge is 0.390 e. The van der Waals surface area contributed by atoms with Crippen LogP contribution in [0.5, 0.6) is 0 Å². The molecular weight excluding hydrogens is 1090 g/mol. The highest BCUT2D eigenvalue weighted by Crippen LogP contribution is 2.41. The Kier molecular flexibility index (Phi) is 17.8. The van der Waals surface area contributed by atoms with Gasteiger partial charge in [-0.15, -0.1) is 12.4 Å². The van der Waals surface area contributed by atoms with Crippen molar-refractivity contribution in [1.82, 2.24) is 20.0 Å². The van der Waals surface area contributed by atoms with Gasteiger partial charge in [-0.1, -0.05) is 106 Å². The Morgan fingerprint density at radius 2 is 1.10 bits per heavy atom. The van der Waals surface area contributed by atoms with Crippen molar-refractivity contribution in [2.75, 3.05) is 39.5 Å². The van der Waals surface area contributed by atoms with E-state index in [1.807, 2.05) is 100 Å². The lowest BCUT2D eigenvalue weighted by atomic mass is 9.86. The van der Waals surface area contributed by atoms with Gasteiger partial charge in [-0.05, 0) is 108 Å². The number of nitrogens with zero attached hydrogens (tertiary/aromatic N) is 5. The van der Waals surface area contributed by atoms with Gasteiger partial charge in [0.2, 0.25) is 11.8 Å². The van der Waals surface area contributed by atoms with E-state index in [1.165, 1.54) is 4.90 Å². The Hall–Kier alpha value is -6.93. The van der Waals surface area contributed by atoms with Crippen LogP contribution < -0.4 is 5.32 Å². The third kappa shape index (κ3) is 13.7. The molecule has 2 unspecified atom stereocenters. The van der Waals surface area contributed by atoms with Gasteiger partial charge in [-0.25, -0.2) is 4.79 Å². The minimum absolute atomic E-state index is 0. The maximum atomic E-state index is 13.4. The number of hydrogen-bond donors (Lipinski definition) is 2. The number of carboxylic acids is 1. The van der Waals surface area contributed by atoms with Gasteiger partial charge < -0.3 is 29.5 Å². The number of oxime groups is 2. The van der Waals surface area contributed by atoms with Crippen molar-refractivity contribution in [3.63, 3.8) is 0 Å². The second kappa shape index (κ2) is 23.6. The molecule has 10 rings (SSSR count). The molecule has 2 saturated heterocycles. The number of carbonyl (C=O) groups is 4. The molecule has 412 valence electrons. The second-order valence-electron chi connectivity index (χ2n) is 19.6. The van der Waals surface area contributed by atoms with E-state index >= 15 is 0 Å². The zero-order valence-corrected chi connectivity index (χ0v) is 44.9. The third-order valence-corrected chi connectivity index (χ3v) is 14.0. The maximum Gasteiger partial charge on any atom is 0.390 e. The van der Waals surface area contributed by atoms with Crippen LogP contribution in [0.15, 0.2) is 120 Å². The first-order valence-electron chi connectivity index (χ1n) is 24.3. The van der Waals surface area contributed by atoms with Gasteiger partial charge in [0.25, 0.3) is 5.91 Å². The fraction of sp³-hybridized carbons (Fsp3) is 0.321. The van der Waals surface area contributed by atoms with Crippen LogP contribution in [0, 0.1) is 13.8 Å². The summed E-state index contributed by atoms with van der Waals surface area (Å²) in [4.78, 5) is 63.2. The van der Waals surface area contributed by atoms with Gasteiger partial charge in [-0.3, -0.25) is 19.7 Å². The average Bonchev–Trinajstić information content (AvgIpc) is 4.20. The standard InChI is InChI=1S/C28H25ClF3N3O3.C22H18ClNO3.C6H9F3N2O.ClH/c1-17-11-18(13-19(29)12-17)27(2)14-24(33-38-27)22-7-8-23(21-6-4-3-5-20(21)22)26(37)35-15-25(36)34(16-35)10-9-28(30,31)32;1-13-9-14(11-15(23)10-13)22(2)12-20(24-27-22)18-7-8-19(21(25)26)17-6-4-3-5-16(17)18;7-6(8,9)1-2-11-4-10-3-5(11)12;/h3-8,11-13H,9-10,14-16H2,1-2H3;3-11H,12H2,1-2H3,(H,25,26);10H,1-4H2;1H. The maximum absolute atomic E-state index is 13.4. The van der Waals surface area contributed by atoms with Crippen molar-refractivity contribution in [1.29, 1.82) is 0 Å². The molecule has 4 heterocycles. The van der Waals surface area contributed by atoms with E-state index in [0.29, 0.717) is 39.2 Å². The average molecular weight is 1140 g/mol. The molecule has 78 heavy (non-hydrogen) atoms. The lowest BCUT2D eigenvalue weighted by Crippen LogP contribution is -2.33. The molecular formula is C56H53Cl3F6N6O7. The summed E-state index contributed by atoms with van der Waals surface area (Å²) in [5.74, 6) is -2.13. The summed E-state index contributed by atoms with van der Waals surface area (Å²) in [5.41, 5.74) is 6.48. The van der Waals surface area contributed by atoms with E-state index in [0.717, 1.165) is 65.4 Å². The van der Waals surface area contributed by atoms with Crippen LogP contribution in [0.25, 0.3) is 21.5 Å². The number of aromatic carboxylic acids is 1. The molecule has 4 aliphatic rings. The molecule has 6 aromatic carbocycles. The van der Waals surface area contributed by atoms with Crippen LogP contribution in [0.3, 0.4) is 0 Å². The van der Waals surface area contributed by atoms with E-state index in [2.05, 4.69) is 21.7 Å². The second-order valence-corrected chi connectivity index (χ2v) is 20.5. The molecule has 0 aliphatic carbocycles. The minimum atomic E-state index is -4.38. The molecule has 0 bridgehead atoms. The first kappa shape index (κ1) is 58.7. The SMILES string of the molecule is Cc1cc(Cl)cc(C2(C)CC(c3ccc(C(=O)N4CC(=O)N(CCC(F)(F)F)C4)c4ccccc34)=NO2)c1.Cc1cc(Cl)cc(C2(C)CC(c3ccc(C(=O)O)c4ccccc34)=NO2)c1.Cl.O=C1CNCN1CCC(F)(F)F. The number of hydrogen-bond acceptors (Lipinski definition) is 9. The largest absolute Gasteiger partial charge is 0.478 e. The highest BCUT2D eigenvalue weighted by Gasteiger charge is 2.40. The quantitative estimate of drug-likeness (QED) is 0.129. The van der Waals surface area contributed by atoms with Crippen LogP contribution >= 0.6 is 35.6 Å². The van der Waals surface area contributed by atoms with E-state index in [4.69, 9.17) is 32.9 Å². The van der Waals surface area contributed by atoms with Gasteiger partial charge in [0.05, 0.1) is 49.7 Å². The summed E-state index contributed by atoms with van der Waals surface area (Å²) in [7, 11) is 0. The summed E-state index contributed by atoms with van der Waals surface area (Å²) in [6, 6.07) is 33.3. The van der Waals surface area contributed by atoms with Gasteiger partial charge >= 0.3 is 18.3 Å². The topological polar surface area (TPSA) is 153 Å². The van der Waals surface area contributed by atoms with Crippen LogP contribution in [-0.2, 0) is 30.5 Å². The summed E-state index contributed by atoms with van der Waals surface area (Å²) in [5, 5.41) is 25.1. The van der Waals surface area contributed by atoms with Crippen LogP contribution in [0.4, 0.5) is 26.3 Å². The highest BCUT2D eigenvalue weighted by atomic mass is 35.5. The van der Waals surface area contributed by atoms with Crippen LogP contribution in [0.2, 0.25) is 10.0 Å². The van der Waals surface area contributed by atoms with Crippen molar-refractivity contribution in [3.8, 4) is 0 Å². The predicted molar refractivity (Wildman–Crippen MR) is 287 cm³/mol. The van der Waals surface area contributed by atoms with Crippen molar-refractivity contribution in [2.45, 2.75) is 76.9 Å². The zero-order valence-electron chi connectivity index (χ0n) is 42.5. The number of fused-ring (bicyclic) bond motifs is 2. The number of alkyl halides is 6. The Morgan fingerprint density at radius 3 is 1.54 bits per heavy atom. The number of rotatable bonds is 10. The summed E-state index contributed by atoms with van der Waals surface area (Å²) < 4.78 is 72.9. The van der Waals surface area contributed by atoms with E-state index in [-0.39, 0.29) is 56.8 Å². The fourth-order valence-electron chi connectivity index (χ4n) is 9.56. The molecule has 6 aromatic rings. The zero-order chi connectivity index (χ0) is 55.6. The number of halogens is 9. The molecule has 2 fully saturated rings. The van der Waals surface area contributed by atoms with Crippen LogP contribution in [0.1, 0.15) is 93.6 Å². The molecule has 2 N–H and O–H groups in total. The predicted octanol–water partition coefficient (Wildman–Crippen LogP) is 12.3. The number of carbonyl (C=O) groups excluding carboxylic acids is 3. The van der Waals surface area contributed by atoms with Gasteiger partial charge in [-0.2, -0.15) is 26.3 Å². The number of nitrogens with one attached hydrogen (secondary N) is 1. The lowest BCUT2D eigenvalue weighted by Gasteiger charge is -2.23. The number of amides is 3. The molecule has 0 aromatic heterocycles. The fourth-order valence-corrected chi connectivity index (χ4v) is 10.1. The van der Waals surface area contributed by atoms with Gasteiger partial charge in [0.15, 0.2) is 11.2 Å². The molecule has 3 amide bonds. The molecule has 2 atom stereocenters. The Bertz CT molecular complexity index is 3320. The van der Waals surface area contributed by atoms with E-state index < -0.39 is 60.7 Å². The van der Waals surface area contributed by atoms with Crippen molar-refractivity contribution in [2.24, 2.45) is 10.3 Å². The van der Waals surface area contributed by atoms with Gasteiger partial charge in [0.1, 0.15) is 6.54 Å². The van der Waals surface area contributed by atoms with E-state index in [1.54, 1.807) is 30.3 Å². The minimum Gasteiger partial charge on any atom is -0.478 e. The molecule has 0 spiro atoms. The first-order valence-corrected chi connectivity index (χ1v) is 25.1. The lowest BCUT2D eigenvalue weighted by molar-refractivity contribution is -0.144. The summed E-state index contributed by atoms with van der Waals surface area (Å²) in [6.45, 7) is 7.12.